The molecule has 2 rings (SSSR count). The van der Waals surface area contributed by atoms with Crippen LogP contribution in [0.15, 0.2) is 0 Å². The Hall–Kier alpha value is 0.0200. The summed E-state index contributed by atoms with van der Waals surface area (Å²) in [5.74, 6) is 3.44. The third kappa shape index (κ3) is 1.22. The zero-order chi connectivity index (χ0) is 7.90. The van der Waals surface area contributed by atoms with E-state index in [9.17, 15) is 4.79 Å². The molecule has 1 heterocycles. The summed E-state index contributed by atoms with van der Waals surface area (Å²) in [5.41, 5.74) is 0.497. The van der Waals surface area contributed by atoms with Gasteiger partial charge in [0.05, 0.1) is 0 Å². The Kier molecular flexibility index (Phi) is 1.75. The van der Waals surface area contributed by atoms with Crippen LogP contribution in [0.25, 0.3) is 0 Å². The predicted molar refractivity (Wildman–Crippen MR) is 47.8 cm³/mol. The monoisotopic (exact) mass is 170 g/mol. The highest BCUT2D eigenvalue weighted by Crippen LogP contribution is 2.60. The van der Waals surface area contributed by atoms with Gasteiger partial charge < -0.3 is 0 Å². The highest BCUT2D eigenvalue weighted by atomic mass is 32.2. The van der Waals surface area contributed by atoms with Crippen LogP contribution >= 0.6 is 11.8 Å². The van der Waals surface area contributed by atoms with Crippen LogP contribution in [-0.2, 0) is 4.79 Å². The van der Waals surface area contributed by atoms with E-state index in [4.69, 9.17) is 0 Å². The molecule has 0 aromatic heterocycles. The van der Waals surface area contributed by atoms with Gasteiger partial charge in [-0.3, -0.25) is 4.79 Å². The van der Waals surface area contributed by atoms with Gasteiger partial charge in [0.25, 0.3) is 0 Å². The molecule has 2 heteroatoms. The second kappa shape index (κ2) is 2.51. The molecule has 1 saturated heterocycles. The SMILES string of the molecule is CC(=O)C1CC12CCSCC2. The highest BCUT2D eigenvalue weighted by molar-refractivity contribution is 7.99. The molecular formula is C9H14OS. The molecule has 62 valence electrons. The lowest BCUT2D eigenvalue weighted by atomic mass is 9.95. The van der Waals surface area contributed by atoms with Gasteiger partial charge in [0.15, 0.2) is 0 Å². The van der Waals surface area contributed by atoms with E-state index >= 15 is 0 Å². The molecule has 0 bridgehead atoms. The Morgan fingerprint density at radius 1 is 1.45 bits per heavy atom. The topological polar surface area (TPSA) is 17.1 Å². The average Bonchev–Trinajstić information content (AvgIpc) is 2.66. The molecule has 0 amide bonds. The quantitative estimate of drug-likeness (QED) is 0.599. The standard InChI is InChI=1S/C9H14OS/c1-7(10)8-6-9(8)2-4-11-5-3-9/h8H,2-6H2,1H3. The number of Topliss-reactive ketones (excluding diaryl/α,β-unsaturated/α-hetero) is 1. The van der Waals surface area contributed by atoms with E-state index < -0.39 is 0 Å². The molecule has 0 N–H and O–H groups in total. The zero-order valence-corrected chi connectivity index (χ0v) is 7.75. The van der Waals surface area contributed by atoms with Gasteiger partial charge in [0.2, 0.25) is 0 Å². The lowest BCUT2D eigenvalue weighted by Crippen LogP contribution is -2.15. The zero-order valence-electron chi connectivity index (χ0n) is 6.93. The fourth-order valence-corrected chi connectivity index (χ4v) is 3.56. The summed E-state index contributed by atoms with van der Waals surface area (Å²) in [6.45, 7) is 1.75. The van der Waals surface area contributed by atoms with E-state index in [-0.39, 0.29) is 0 Å². The molecule has 0 aromatic rings. The lowest BCUT2D eigenvalue weighted by molar-refractivity contribution is -0.119. The maximum absolute atomic E-state index is 11.1. The number of rotatable bonds is 1. The van der Waals surface area contributed by atoms with Crippen molar-refractivity contribution in [3.05, 3.63) is 0 Å². The second-order valence-electron chi connectivity index (χ2n) is 3.84. The fraction of sp³-hybridized carbons (Fsp3) is 0.889. The predicted octanol–water partition coefficient (Wildman–Crippen LogP) is 2.11. The minimum Gasteiger partial charge on any atom is -0.300 e. The van der Waals surface area contributed by atoms with Crippen molar-refractivity contribution < 1.29 is 4.79 Å². The van der Waals surface area contributed by atoms with Crippen molar-refractivity contribution in [3.63, 3.8) is 0 Å². The fourth-order valence-electron chi connectivity index (χ4n) is 2.25. The van der Waals surface area contributed by atoms with Crippen LogP contribution in [0.5, 0.6) is 0 Å². The van der Waals surface area contributed by atoms with Gasteiger partial charge in [0, 0.05) is 5.92 Å². The van der Waals surface area contributed by atoms with E-state index in [1.54, 1.807) is 6.92 Å². The molecule has 11 heavy (non-hydrogen) atoms. The molecule has 1 aliphatic heterocycles. The van der Waals surface area contributed by atoms with Crippen molar-refractivity contribution >= 4 is 17.5 Å². The maximum Gasteiger partial charge on any atom is 0.133 e. The first-order chi connectivity index (χ1) is 5.25. The number of hydrogen-bond donors (Lipinski definition) is 0. The van der Waals surface area contributed by atoms with Crippen LogP contribution in [0, 0.1) is 11.3 Å². The smallest absolute Gasteiger partial charge is 0.133 e. The molecule has 1 spiro atoms. The molecule has 1 unspecified atom stereocenters. The maximum atomic E-state index is 11.1. The normalized spacial score (nSPS) is 33.7. The van der Waals surface area contributed by atoms with Gasteiger partial charge in [-0.1, -0.05) is 0 Å². The molecule has 1 nitrogen and oxygen atoms in total. The van der Waals surface area contributed by atoms with Crippen LogP contribution in [-0.4, -0.2) is 17.3 Å². The Labute approximate surface area is 71.9 Å². The van der Waals surface area contributed by atoms with Crippen molar-refractivity contribution in [2.24, 2.45) is 11.3 Å². The minimum atomic E-state index is 0.428. The third-order valence-electron chi connectivity index (χ3n) is 3.17. The summed E-state index contributed by atoms with van der Waals surface area (Å²) in [6.07, 6.45) is 3.78. The van der Waals surface area contributed by atoms with Crippen molar-refractivity contribution in [1.29, 1.82) is 0 Å². The van der Waals surface area contributed by atoms with Crippen molar-refractivity contribution in [2.75, 3.05) is 11.5 Å². The highest BCUT2D eigenvalue weighted by Gasteiger charge is 2.56. The Morgan fingerprint density at radius 3 is 2.55 bits per heavy atom. The molecule has 1 atom stereocenters. The summed E-state index contributed by atoms with van der Waals surface area (Å²) in [4.78, 5) is 11.1. The molecule has 1 aliphatic carbocycles. The van der Waals surface area contributed by atoms with Crippen molar-refractivity contribution in [3.8, 4) is 0 Å². The summed E-state index contributed by atoms with van der Waals surface area (Å²) >= 11 is 2.04. The Bertz CT molecular complexity index is 182. The van der Waals surface area contributed by atoms with E-state index in [2.05, 4.69) is 0 Å². The first kappa shape index (κ1) is 7.66. The van der Waals surface area contributed by atoms with Crippen LogP contribution < -0.4 is 0 Å². The molecule has 0 aromatic carbocycles. The number of ketones is 1. The van der Waals surface area contributed by atoms with Gasteiger partial charge in [-0.25, -0.2) is 0 Å². The van der Waals surface area contributed by atoms with E-state index in [0.29, 0.717) is 17.1 Å². The first-order valence-electron chi connectivity index (χ1n) is 4.33. The minimum absolute atomic E-state index is 0.428. The largest absolute Gasteiger partial charge is 0.300 e. The summed E-state index contributed by atoms with van der Waals surface area (Å²) < 4.78 is 0. The van der Waals surface area contributed by atoms with Crippen LogP contribution in [0.4, 0.5) is 0 Å². The number of carbonyl (C=O) groups is 1. The van der Waals surface area contributed by atoms with Gasteiger partial charge >= 0.3 is 0 Å². The van der Waals surface area contributed by atoms with Crippen molar-refractivity contribution in [2.45, 2.75) is 26.2 Å². The number of hydrogen-bond acceptors (Lipinski definition) is 2. The van der Waals surface area contributed by atoms with Crippen LogP contribution in [0.1, 0.15) is 26.2 Å². The summed E-state index contributed by atoms with van der Waals surface area (Å²) in [5, 5.41) is 0. The molecule has 2 aliphatic rings. The second-order valence-corrected chi connectivity index (χ2v) is 5.07. The summed E-state index contributed by atoms with van der Waals surface area (Å²) in [6, 6.07) is 0. The van der Waals surface area contributed by atoms with Crippen molar-refractivity contribution in [1.82, 2.24) is 0 Å². The van der Waals surface area contributed by atoms with Gasteiger partial charge in [-0.15, -0.1) is 0 Å². The van der Waals surface area contributed by atoms with E-state index in [1.165, 1.54) is 30.8 Å². The van der Waals surface area contributed by atoms with Crippen LogP contribution in [0.2, 0.25) is 0 Å². The van der Waals surface area contributed by atoms with Gasteiger partial charge in [-0.2, -0.15) is 11.8 Å². The molecule has 1 saturated carbocycles. The number of carbonyl (C=O) groups excluding carboxylic acids is 1. The Balaban J connectivity index is 1.99. The summed E-state index contributed by atoms with van der Waals surface area (Å²) in [7, 11) is 0. The van der Waals surface area contributed by atoms with E-state index in [0.717, 1.165) is 0 Å². The van der Waals surface area contributed by atoms with Gasteiger partial charge in [-0.05, 0) is 43.1 Å². The molecule has 2 fully saturated rings. The third-order valence-corrected chi connectivity index (χ3v) is 4.15. The number of thioether (sulfide) groups is 1. The molecular weight excluding hydrogens is 156 g/mol. The van der Waals surface area contributed by atoms with E-state index in [1.807, 2.05) is 11.8 Å². The van der Waals surface area contributed by atoms with Crippen LogP contribution in [0.3, 0.4) is 0 Å². The lowest BCUT2D eigenvalue weighted by Gasteiger charge is -2.21. The molecule has 0 radical (unpaired) electrons. The Morgan fingerprint density at radius 2 is 2.09 bits per heavy atom. The average molecular weight is 170 g/mol. The first-order valence-corrected chi connectivity index (χ1v) is 5.48. The van der Waals surface area contributed by atoms with Gasteiger partial charge in [0.1, 0.15) is 5.78 Å².